The number of ether oxygens (including phenoxy) is 1. The first-order chi connectivity index (χ1) is 15.4. The monoisotopic (exact) mass is 436 g/mol. The van der Waals surface area contributed by atoms with E-state index >= 15 is 0 Å². The maximum atomic E-state index is 12.5. The summed E-state index contributed by atoms with van der Waals surface area (Å²) in [6, 6.07) is 16.0. The van der Waals surface area contributed by atoms with Gasteiger partial charge in [0.1, 0.15) is 6.61 Å². The molecule has 1 aromatic heterocycles. The fourth-order valence-corrected chi connectivity index (χ4v) is 3.70. The summed E-state index contributed by atoms with van der Waals surface area (Å²) in [5, 5.41) is 15.0. The molecule has 0 unspecified atom stereocenters. The number of hydrogen-bond acceptors (Lipinski definition) is 6. The normalized spacial score (nSPS) is 12.0. The van der Waals surface area contributed by atoms with Gasteiger partial charge in [-0.15, -0.1) is 0 Å². The Bertz CT molecular complexity index is 1140. The van der Waals surface area contributed by atoms with Crippen LogP contribution in [0.3, 0.4) is 0 Å². The zero-order valence-corrected chi connectivity index (χ0v) is 17.1. The van der Waals surface area contributed by atoms with E-state index in [4.69, 9.17) is 9.84 Å². The lowest BCUT2D eigenvalue weighted by Crippen LogP contribution is -2.28. The molecule has 2 aromatic carbocycles. The minimum absolute atomic E-state index is 0.0983. The number of nitrogens with zero attached hydrogens (tertiary/aromatic N) is 2. The van der Waals surface area contributed by atoms with Crippen LogP contribution in [0.5, 0.6) is 0 Å². The van der Waals surface area contributed by atoms with Gasteiger partial charge in [-0.2, -0.15) is 5.10 Å². The Labute approximate surface area is 182 Å². The molecule has 10 nitrogen and oxygen atoms in total. The first-order valence-corrected chi connectivity index (χ1v) is 9.73. The highest BCUT2D eigenvalue weighted by molar-refractivity contribution is 6.00. The topological polar surface area (TPSA) is 132 Å². The number of anilines is 1. The van der Waals surface area contributed by atoms with Gasteiger partial charge in [-0.3, -0.25) is 19.6 Å². The van der Waals surface area contributed by atoms with Gasteiger partial charge in [0.15, 0.2) is 12.3 Å². The zero-order chi connectivity index (χ0) is 22.7. The van der Waals surface area contributed by atoms with Crippen LogP contribution >= 0.6 is 0 Å². The van der Waals surface area contributed by atoms with E-state index < -0.39 is 24.6 Å². The number of carbonyl (C=O) groups is 3. The summed E-state index contributed by atoms with van der Waals surface area (Å²) in [6.07, 6.45) is 0.674. The number of rotatable bonds is 7. The highest BCUT2D eigenvalue weighted by Crippen LogP contribution is 2.44. The quantitative estimate of drug-likeness (QED) is 0.485. The van der Waals surface area contributed by atoms with Crippen LogP contribution in [0.15, 0.2) is 54.7 Å². The van der Waals surface area contributed by atoms with E-state index in [1.807, 2.05) is 54.0 Å². The molecule has 0 spiro atoms. The van der Waals surface area contributed by atoms with Crippen LogP contribution in [0.2, 0.25) is 0 Å². The Hall–Kier alpha value is -4.18. The van der Waals surface area contributed by atoms with Crippen LogP contribution < -0.4 is 10.8 Å². The van der Waals surface area contributed by atoms with E-state index in [0.717, 1.165) is 22.3 Å². The molecule has 4 rings (SSSR count). The summed E-state index contributed by atoms with van der Waals surface area (Å²) in [6.45, 7) is -0.600. The van der Waals surface area contributed by atoms with Crippen LogP contribution in [0.25, 0.3) is 11.1 Å². The van der Waals surface area contributed by atoms with Gasteiger partial charge in [0.2, 0.25) is 0 Å². The second kappa shape index (κ2) is 8.90. The summed E-state index contributed by atoms with van der Waals surface area (Å²) in [5.74, 6) is -2.15. The van der Waals surface area contributed by atoms with Gasteiger partial charge in [0.05, 0.1) is 5.69 Å². The fraction of sp³-hybridized carbons (Fsp3) is 0.182. The van der Waals surface area contributed by atoms with Gasteiger partial charge in [-0.1, -0.05) is 48.5 Å². The van der Waals surface area contributed by atoms with Crippen molar-refractivity contribution in [2.45, 2.75) is 5.92 Å². The largest absolute Gasteiger partial charge is 0.479 e. The number of carboxylic acids is 1. The molecule has 3 aromatic rings. The summed E-state index contributed by atoms with van der Waals surface area (Å²) in [4.78, 5) is 39.7. The van der Waals surface area contributed by atoms with Crippen molar-refractivity contribution in [2.75, 3.05) is 18.5 Å². The van der Waals surface area contributed by atoms with Crippen molar-refractivity contribution in [3.63, 3.8) is 0 Å². The van der Waals surface area contributed by atoms with Gasteiger partial charge in [-0.25, -0.2) is 15.1 Å². The summed E-state index contributed by atoms with van der Waals surface area (Å²) < 4.78 is 6.80. The minimum atomic E-state index is -1.25. The van der Waals surface area contributed by atoms with Gasteiger partial charge < -0.3 is 9.84 Å². The van der Waals surface area contributed by atoms with E-state index in [2.05, 4.69) is 15.3 Å². The Balaban J connectivity index is 1.42. The number of hydrogen-bond donors (Lipinski definition) is 3. The molecule has 1 aliphatic carbocycles. The predicted octanol–water partition coefficient (Wildman–Crippen LogP) is 2.53. The van der Waals surface area contributed by atoms with Crippen molar-refractivity contribution in [1.29, 1.82) is 0 Å². The molecule has 0 radical (unpaired) electrons. The lowest BCUT2D eigenvalue weighted by Gasteiger charge is -2.14. The third-order valence-electron chi connectivity index (χ3n) is 4.98. The molecule has 0 atom stereocenters. The zero-order valence-electron chi connectivity index (χ0n) is 17.1. The molecular formula is C22H20N4O6. The SMILES string of the molecule is Cn1cc(NC(=O)OCC2c3ccccc3-c3ccccc32)c(C(=O)NOCC(=O)O)n1. The van der Waals surface area contributed by atoms with Crippen LogP contribution in [-0.4, -0.2) is 46.1 Å². The number of carboxylic acid groups (broad SMARTS) is 1. The standard InChI is InChI=1S/C22H20N4O6/c1-26-10-18(20(24-26)21(29)25-32-12-19(27)28)23-22(30)31-11-17-15-8-4-2-6-13(15)14-7-3-5-9-16(14)17/h2-10,17H,11-12H2,1H3,(H,23,30)(H,25,29)(H,27,28). The first-order valence-electron chi connectivity index (χ1n) is 9.73. The Morgan fingerprint density at radius 1 is 1.06 bits per heavy atom. The number of benzene rings is 2. The lowest BCUT2D eigenvalue weighted by atomic mass is 9.98. The Kier molecular flexibility index (Phi) is 5.86. The summed E-state index contributed by atoms with van der Waals surface area (Å²) >= 11 is 0. The van der Waals surface area contributed by atoms with Crippen molar-refractivity contribution in [3.05, 3.63) is 71.5 Å². The average Bonchev–Trinajstić information content (AvgIpc) is 3.29. The number of amides is 2. The number of nitrogens with one attached hydrogen (secondary N) is 2. The van der Waals surface area contributed by atoms with Gasteiger partial charge in [0, 0.05) is 19.2 Å². The molecule has 164 valence electrons. The Morgan fingerprint density at radius 3 is 2.31 bits per heavy atom. The van der Waals surface area contributed by atoms with E-state index in [1.54, 1.807) is 7.05 Å². The predicted molar refractivity (Wildman–Crippen MR) is 113 cm³/mol. The number of aromatic nitrogens is 2. The minimum Gasteiger partial charge on any atom is -0.479 e. The molecule has 3 N–H and O–H groups in total. The molecule has 32 heavy (non-hydrogen) atoms. The highest BCUT2D eigenvalue weighted by atomic mass is 16.7. The number of hydroxylamine groups is 1. The lowest BCUT2D eigenvalue weighted by molar-refractivity contribution is -0.144. The molecule has 0 saturated heterocycles. The van der Waals surface area contributed by atoms with Crippen LogP contribution in [0.4, 0.5) is 10.5 Å². The molecule has 0 fully saturated rings. The van der Waals surface area contributed by atoms with E-state index in [-0.39, 0.29) is 23.9 Å². The molecule has 2 amide bonds. The number of fused-ring (bicyclic) bond motifs is 3. The summed E-state index contributed by atoms with van der Waals surface area (Å²) in [5.41, 5.74) is 6.31. The highest BCUT2D eigenvalue weighted by Gasteiger charge is 2.29. The molecule has 0 bridgehead atoms. The van der Waals surface area contributed by atoms with Crippen molar-refractivity contribution < 1.29 is 29.1 Å². The van der Waals surface area contributed by atoms with Crippen molar-refractivity contribution >= 4 is 23.7 Å². The van der Waals surface area contributed by atoms with Gasteiger partial charge in [-0.05, 0) is 22.3 Å². The number of aryl methyl sites for hydroxylation is 1. The molecular weight excluding hydrogens is 416 g/mol. The smallest absolute Gasteiger partial charge is 0.411 e. The van der Waals surface area contributed by atoms with Crippen molar-refractivity contribution in [1.82, 2.24) is 15.3 Å². The average molecular weight is 436 g/mol. The molecule has 1 heterocycles. The Morgan fingerprint density at radius 2 is 1.69 bits per heavy atom. The van der Waals surface area contributed by atoms with E-state index in [9.17, 15) is 14.4 Å². The van der Waals surface area contributed by atoms with Gasteiger partial charge >= 0.3 is 12.1 Å². The van der Waals surface area contributed by atoms with Crippen molar-refractivity contribution in [3.8, 4) is 11.1 Å². The first kappa shape index (κ1) is 21.1. The second-order valence-electron chi connectivity index (χ2n) is 7.13. The van der Waals surface area contributed by atoms with E-state index in [1.165, 1.54) is 10.9 Å². The summed E-state index contributed by atoms with van der Waals surface area (Å²) in [7, 11) is 1.57. The third kappa shape index (κ3) is 4.30. The van der Waals surface area contributed by atoms with E-state index in [0.29, 0.717) is 0 Å². The molecule has 1 aliphatic rings. The fourth-order valence-electron chi connectivity index (χ4n) is 3.70. The van der Waals surface area contributed by atoms with Crippen LogP contribution in [0, 0.1) is 0 Å². The number of carbonyl (C=O) groups excluding carboxylic acids is 2. The van der Waals surface area contributed by atoms with Crippen LogP contribution in [-0.2, 0) is 21.4 Å². The van der Waals surface area contributed by atoms with Gasteiger partial charge in [0.25, 0.3) is 5.91 Å². The van der Waals surface area contributed by atoms with Crippen molar-refractivity contribution in [2.24, 2.45) is 7.05 Å². The third-order valence-corrected chi connectivity index (χ3v) is 4.98. The maximum absolute atomic E-state index is 12.5. The maximum Gasteiger partial charge on any atom is 0.411 e. The molecule has 0 saturated carbocycles. The van der Waals surface area contributed by atoms with Crippen LogP contribution in [0.1, 0.15) is 27.5 Å². The second-order valence-corrected chi connectivity index (χ2v) is 7.13. The number of aliphatic carboxylic acids is 1. The molecule has 10 heteroatoms. The molecule has 0 aliphatic heterocycles.